The van der Waals surface area contributed by atoms with Crippen molar-refractivity contribution in [2.24, 2.45) is 0 Å². The van der Waals surface area contributed by atoms with E-state index in [1.165, 1.54) is 11.8 Å². The zero-order valence-electron chi connectivity index (χ0n) is 10.9. The van der Waals surface area contributed by atoms with Gasteiger partial charge in [0.1, 0.15) is 10.8 Å². The number of rotatable bonds is 3. The van der Waals surface area contributed by atoms with Gasteiger partial charge in [-0.15, -0.1) is 0 Å². The van der Waals surface area contributed by atoms with Crippen molar-refractivity contribution >= 4 is 28.6 Å². The Morgan fingerprint density at radius 1 is 1.00 bits per heavy atom. The number of fused-ring (bicyclic) bond motifs is 1. The average molecular weight is 283 g/mol. The number of nitrogen functional groups attached to an aromatic ring is 1. The van der Waals surface area contributed by atoms with Gasteiger partial charge in [-0.3, -0.25) is 0 Å². The maximum absolute atomic E-state index is 5.78. The fraction of sp³-hybridized carbons (Fsp3) is 0.0667. The number of para-hydroxylation sites is 2. The van der Waals surface area contributed by atoms with Gasteiger partial charge in [0, 0.05) is 5.39 Å². The zero-order chi connectivity index (χ0) is 13.9. The Labute approximate surface area is 121 Å². The summed E-state index contributed by atoms with van der Waals surface area (Å²) in [6, 6.07) is 15.7. The van der Waals surface area contributed by atoms with E-state index >= 15 is 0 Å². The number of benzene rings is 2. The quantitative estimate of drug-likeness (QED) is 0.747. The van der Waals surface area contributed by atoms with E-state index in [1.807, 2.05) is 48.5 Å². The van der Waals surface area contributed by atoms with E-state index in [4.69, 9.17) is 10.5 Å². The first-order valence-corrected chi connectivity index (χ1v) is 6.92. The van der Waals surface area contributed by atoms with Crippen molar-refractivity contribution in [3.63, 3.8) is 0 Å². The third kappa shape index (κ3) is 2.40. The Bertz CT molecular complexity index is 761. The molecule has 0 fully saturated rings. The summed E-state index contributed by atoms with van der Waals surface area (Å²) in [5.74, 6) is 1.10. The summed E-state index contributed by atoms with van der Waals surface area (Å²) in [6.07, 6.45) is 0. The van der Waals surface area contributed by atoms with Gasteiger partial charge in [-0.05, 0) is 18.2 Å². The summed E-state index contributed by atoms with van der Waals surface area (Å²) in [5, 5.41) is 1.82. The van der Waals surface area contributed by atoms with E-state index in [9.17, 15) is 0 Å². The number of methoxy groups -OCH3 is 1. The molecular formula is C15H13N3OS. The lowest BCUT2D eigenvalue weighted by Gasteiger charge is -2.09. The van der Waals surface area contributed by atoms with Gasteiger partial charge in [0.05, 0.1) is 17.5 Å². The monoisotopic (exact) mass is 283 g/mol. The van der Waals surface area contributed by atoms with Crippen molar-refractivity contribution in [3.05, 3.63) is 48.5 Å². The van der Waals surface area contributed by atoms with E-state index in [2.05, 4.69) is 9.97 Å². The highest BCUT2D eigenvalue weighted by atomic mass is 32.2. The molecule has 1 heterocycles. The molecule has 4 nitrogen and oxygen atoms in total. The number of anilines is 1. The van der Waals surface area contributed by atoms with Crippen molar-refractivity contribution in [1.82, 2.24) is 9.97 Å². The Kier molecular flexibility index (Phi) is 3.43. The van der Waals surface area contributed by atoms with Gasteiger partial charge >= 0.3 is 0 Å². The SMILES string of the molecule is COc1ccccc1Sc1nc(N)nc2ccccc12. The van der Waals surface area contributed by atoms with Gasteiger partial charge in [0.15, 0.2) is 0 Å². The first-order chi connectivity index (χ1) is 9.78. The lowest BCUT2D eigenvalue weighted by Crippen LogP contribution is -1.97. The highest BCUT2D eigenvalue weighted by molar-refractivity contribution is 7.99. The molecule has 0 spiro atoms. The third-order valence-corrected chi connectivity index (χ3v) is 3.92. The second-order valence-corrected chi connectivity index (χ2v) is 5.19. The molecule has 0 aliphatic carbocycles. The van der Waals surface area contributed by atoms with Crippen LogP contribution in [0.4, 0.5) is 5.95 Å². The third-order valence-electron chi connectivity index (χ3n) is 2.86. The van der Waals surface area contributed by atoms with Crippen LogP contribution in [0.5, 0.6) is 5.75 Å². The number of ether oxygens (including phenoxy) is 1. The molecule has 3 aromatic rings. The van der Waals surface area contributed by atoms with Crippen LogP contribution >= 0.6 is 11.8 Å². The van der Waals surface area contributed by atoms with Crippen LogP contribution < -0.4 is 10.5 Å². The smallest absolute Gasteiger partial charge is 0.221 e. The minimum absolute atomic E-state index is 0.279. The second kappa shape index (κ2) is 5.38. The molecule has 0 amide bonds. The predicted molar refractivity (Wildman–Crippen MR) is 81.1 cm³/mol. The molecule has 5 heteroatoms. The van der Waals surface area contributed by atoms with Gasteiger partial charge in [0.25, 0.3) is 0 Å². The summed E-state index contributed by atoms with van der Waals surface area (Å²) >= 11 is 1.53. The van der Waals surface area contributed by atoms with E-state index in [0.29, 0.717) is 0 Å². The molecule has 20 heavy (non-hydrogen) atoms. The molecular weight excluding hydrogens is 270 g/mol. The number of nitrogens with two attached hydrogens (primary N) is 1. The van der Waals surface area contributed by atoms with Crippen LogP contribution in [-0.4, -0.2) is 17.1 Å². The van der Waals surface area contributed by atoms with Crippen LogP contribution in [0.1, 0.15) is 0 Å². The van der Waals surface area contributed by atoms with Crippen molar-refractivity contribution < 1.29 is 4.74 Å². The van der Waals surface area contributed by atoms with Gasteiger partial charge in [-0.25, -0.2) is 9.97 Å². The molecule has 1 aromatic heterocycles. The molecule has 0 unspecified atom stereocenters. The standard InChI is InChI=1S/C15H13N3OS/c1-19-12-8-4-5-9-13(12)20-14-10-6-2-3-7-11(10)17-15(16)18-14/h2-9H,1H3,(H2,16,17,18). The average Bonchev–Trinajstić information content (AvgIpc) is 2.47. The second-order valence-electron chi connectivity index (χ2n) is 4.16. The molecule has 0 bridgehead atoms. The van der Waals surface area contributed by atoms with Gasteiger partial charge in [-0.2, -0.15) is 0 Å². The van der Waals surface area contributed by atoms with Crippen LogP contribution in [0, 0.1) is 0 Å². The minimum Gasteiger partial charge on any atom is -0.496 e. The fourth-order valence-corrected chi connectivity index (χ4v) is 2.98. The van der Waals surface area contributed by atoms with Crippen LogP contribution in [0.2, 0.25) is 0 Å². The van der Waals surface area contributed by atoms with Crippen LogP contribution in [0.25, 0.3) is 10.9 Å². The number of hydrogen-bond donors (Lipinski definition) is 1. The van der Waals surface area contributed by atoms with Crippen molar-refractivity contribution in [2.75, 3.05) is 12.8 Å². The number of aromatic nitrogens is 2. The fourth-order valence-electron chi connectivity index (χ4n) is 1.95. The first-order valence-electron chi connectivity index (χ1n) is 6.11. The van der Waals surface area contributed by atoms with Crippen LogP contribution in [-0.2, 0) is 0 Å². The lowest BCUT2D eigenvalue weighted by molar-refractivity contribution is 0.405. The maximum atomic E-state index is 5.78. The van der Waals surface area contributed by atoms with E-state index < -0.39 is 0 Å². The number of hydrogen-bond acceptors (Lipinski definition) is 5. The topological polar surface area (TPSA) is 61.0 Å². The minimum atomic E-state index is 0.279. The molecule has 0 saturated heterocycles. The largest absolute Gasteiger partial charge is 0.496 e. The Morgan fingerprint density at radius 2 is 1.75 bits per heavy atom. The summed E-state index contributed by atoms with van der Waals surface area (Å²) in [7, 11) is 1.66. The maximum Gasteiger partial charge on any atom is 0.221 e. The van der Waals surface area contributed by atoms with E-state index in [1.54, 1.807) is 7.11 Å². The molecule has 0 aliphatic rings. The molecule has 0 atom stereocenters. The highest BCUT2D eigenvalue weighted by Crippen LogP contribution is 2.36. The predicted octanol–water partition coefficient (Wildman–Crippen LogP) is 3.37. The molecule has 0 radical (unpaired) electrons. The Balaban J connectivity index is 2.10. The lowest BCUT2D eigenvalue weighted by atomic mass is 10.2. The molecule has 100 valence electrons. The van der Waals surface area contributed by atoms with Gasteiger partial charge in [0.2, 0.25) is 5.95 Å². The van der Waals surface area contributed by atoms with Crippen molar-refractivity contribution in [1.29, 1.82) is 0 Å². The molecule has 2 N–H and O–H groups in total. The van der Waals surface area contributed by atoms with Gasteiger partial charge in [-0.1, -0.05) is 42.1 Å². The Morgan fingerprint density at radius 3 is 2.60 bits per heavy atom. The summed E-state index contributed by atoms with van der Waals surface area (Å²) in [4.78, 5) is 9.59. The van der Waals surface area contributed by atoms with Crippen LogP contribution in [0.15, 0.2) is 58.5 Å². The highest BCUT2D eigenvalue weighted by Gasteiger charge is 2.10. The molecule has 0 saturated carbocycles. The Hall–Kier alpha value is -2.27. The first kappa shape index (κ1) is 12.7. The van der Waals surface area contributed by atoms with Crippen molar-refractivity contribution in [2.45, 2.75) is 9.92 Å². The van der Waals surface area contributed by atoms with Gasteiger partial charge < -0.3 is 10.5 Å². The van der Waals surface area contributed by atoms with Crippen LogP contribution in [0.3, 0.4) is 0 Å². The van der Waals surface area contributed by atoms with E-state index in [-0.39, 0.29) is 5.95 Å². The normalized spacial score (nSPS) is 10.7. The summed E-state index contributed by atoms with van der Waals surface area (Å²) < 4.78 is 5.36. The zero-order valence-corrected chi connectivity index (χ0v) is 11.7. The molecule has 0 aliphatic heterocycles. The summed E-state index contributed by atoms with van der Waals surface area (Å²) in [5.41, 5.74) is 6.63. The van der Waals surface area contributed by atoms with E-state index in [0.717, 1.165) is 26.6 Å². The molecule has 2 aromatic carbocycles. The molecule has 3 rings (SSSR count). The van der Waals surface area contributed by atoms with Crippen molar-refractivity contribution in [3.8, 4) is 5.75 Å². The summed E-state index contributed by atoms with van der Waals surface area (Å²) in [6.45, 7) is 0. The number of nitrogens with zero attached hydrogens (tertiary/aromatic N) is 2.